The molecule has 1 aliphatic rings. The first-order valence-corrected chi connectivity index (χ1v) is 5.04. The minimum atomic E-state index is -4.19. The summed E-state index contributed by atoms with van der Waals surface area (Å²) in [7, 11) is 0. The lowest BCUT2D eigenvalue weighted by Gasteiger charge is -2.33. The normalized spacial score (nSPS) is 22.7. The van der Waals surface area contributed by atoms with Gasteiger partial charge in [0, 0.05) is 19.6 Å². The highest BCUT2D eigenvalue weighted by molar-refractivity contribution is 5.74. The molecule has 0 spiro atoms. The molecule has 0 aromatic heterocycles. The topological polar surface area (TPSA) is 32.3 Å². The zero-order chi connectivity index (χ0) is 11.5. The first kappa shape index (κ1) is 12.1. The van der Waals surface area contributed by atoms with E-state index in [2.05, 4.69) is 5.32 Å². The Morgan fingerprint density at radius 1 is 1.53 bits per heavy atom. The second-order valence-electron chi connectivity index (χ2n) is 3.66. The average Bonchev–Trinajstić information content (AvgIpc) is 2.17. The third-order valence-electron chi connectivity index (χ3n) is 2.50. The van der Waals surface area contributed by atoms with Crippen LogP contribution in [-0.2, 0) is 0 Å². The van der Waals surface area contributed by atoms with Crippen molar-refractivity contribution in [2.24, 2.45) is 5.92 Å². The summed E-state index contributed by atoms with van der Waals surface area (Å²) >= 11 is 0. The molecule has 1 saturated heterocycles. The summed E-state index contributed by atoms with van der Waals surface area (Å²) in [5.74, 6) is -1.37. The molecule has 0 aromatic rings. The molecule has 0 bridgehead atoms. The SMILES string of the molecule is CCNC(=O)N1CCC[C@@H](C(F)(F)F)C1. The van der Waals surface area contributed by atoms with Crippen LogP contribution in [0.4, 0.5) is 18.0 Å². The number of urea groups is 1. The molecule has 6 heteroatoms. The monoisotopic (exact) mass is 224 g/mol. The zero-order valence-corrected chi connectivity index (χ0v) is 8.60. The molecule has 2 amide bonds. The molecule has 1 fully saturated rings. The Balaban J connectivity index is 2.52. The molecular formula is C9H15F3N2O. The molecule has 0 aromatic carbocycles. The van der Waals surface area contributed by atoms with Crippen molar-refractivity contribution in [2.75, 3.05) is 19.6 Å². The highest BCUT2D eigenvalue weighted by Crippen LogP contribution is 2.32. The Morgan fingerprint density at radius 2 is 2.20 bits per heavy atom. The quantitative estimate of drug-likeness (QED) is 0.725. The Labute approximate surface area is 86.6 Å². The number of carbonyl (C=O) groups excluding carboxylic acids is 1. The number of nitrogens with one attached hydrogen (secondary N) is 1. The maximum atomic E-state index is 12.4. The number of rotatable bonds is 1. The minimum absolute atomic E-state index is 0.124. The van der Waals surface area contributed by atoms with Crippen molar-refractivity contribution in [1.82, 2.24) is 10.2 Å². The number of hydrogen-bond acceptors (Lipinski definition) is 1. The van der Waals surface area contributed by atoms with Gasteiger partial charge in [0.15, 0.2) is 0 Å². The van der Waals surface area contributed by atoms with Crippen LogP contribution in [0.1, 0.15) is 19.8 Å². The van der Waals surface area contributed by atoms with Crippen LogP contribution in [0.15, 0.2) is 0 Å². The second-order valence-corrected chi connectivity index (χ2v) is 3.66. The summed E-state index contributed by atoms with van der Waals surface area (Å²) in [6.07, 6.45) is -3.65. The molecule has 1 N–H and O–H groups in total. The van der Waals surface area contributed by atoms with Gasteiger partial charge < -0.3 is 10.2 Å². The van der Waals surface area contributed by atoms with Crippen molar-refractivity contribution in [3.05, 3.63) is 0 Å². The molecule has 1 atom stereocenters. The van der Waals surface area contributed by atoms with Crippen molar-refractivity contribution < 1.29 is 18.0 Å². The molecule has 0 saturated carbocycles. The number of nitrogens with zero attached hydrogens (tertiary/aromatic N) is 1. The summed E-state index contributed by atoms with van der Waals surface area (Å²) in [6.45, 7) is 2.38. The van der Waals surface area contributed by atoms with E-state index in [0.29, 0.717) is 19.5 Å². The average molecular weight is 224 g/mol. The molecule has 88 valence electrons. The summed E-state index contributed by atoms with van der Waals surface area (Å²) in [6, 6.07) is -0.397. The fraction of sp³-hybridized carbons (Fsp3) is 0.889. The van der Waals surface area contributed by atoms with Gasteiger partial charge in [-0.2, -0.15) is 13.2 Å². The van der Waals surface area contributed by atoms with Crippen LogP contribution in [0, 0.1) is 5.92 Å². The van der Waals surface area contributed by atoms with E-state index in [9.17, 15) is 18.0 Å². The van der Waals surface area contributed by atoms with E-state index in [1.807, 2.05) is 0 Å². The van der Waals surface area contributed by atoms with Crippen molar-refractivity contribution in [3.63, 3.8) is 0 Å². The highest BCUT2D eigenvalue weighted by Gasteiger charge is 2.42. The summed E-state index contributed by atoms with van der Waals surface area (Å²) in [5, 5.41) is 2.51. The number of alkyl halides is 3. The van der Waals surface area contributed by atoms with Crippen LogP contribution in [0.3, 0.4) is 0 Å². The van der Waals surface area contributed by atoms with Gasteiger partial charge in [0.25, 0.3) is 0 Å². The maximum absolute atomic E-state index is 12.4. The van der Waals surface area contributed by atoms with Gasteiger partial charge in [-0.15, -0.1) is 0 Å². The summed E-state index contributed by atoms with van der Waals surface area (Å²) in [4.78, 5) is 12.6. The van der Waals surface area contributed by atoms with E-state index >= 15 is 0 Å². The first-order chi connectivity index (χ1) is 6.95. The van der Waals surface area contributed by atoms with Crippen molar-refractivity contribution in [3.8, 4) is 0 Å². The molecular weight excluding hydrogens is 209 g/mol. The number of amides is 2. The van der Waals surface area contributed by atoms with E-state index in [0.717, 1.165) is 0 Å². The lowest BCUT2D eigenvalue weighted by atomic mass is 9.98. The van der Waals surface area contributed by atoms with E-state index in [1.54, 1.807) is 6.92 Å². The summed E-state index contributed by atoms with van der Waals surface area (Å²) < 4.78 is 37.2. The molecule has 0 aliphatic carbocycles. The molecule has 15 heavy (non-hydrogen) atoms. The van der Waals surface area contributed by atoms with Gasteiger partial charge in [0.2, 0.25) is 0 Å². The van der Waals surface area contributed by atoms with Gasteiger partial charge >= 0.3 is 12.2 Å². The molecule has 1 heterocycles. The first-order valence-electron chi connectivity index (χ1n) is 5.04. The van der Waals surface area contributed by atoms with E-state index in [1.165, 1.54) is 4.90 Å². The van der Waals surface area contributed by atoms with Gasteiger partial charge in [-0.1, -0.05) is 0 Å². The van der Waals surface area contributed by atoms with Crippen LogP contribution in [-0.4, -0.2) is 36.7 Å². The Bertz CT molecular complexity index is 230. The molecule has 1 rings (SSSR count). The predicted octanol–water partition coefficient (Wildman–Crippen LogP) is 1.99. The van der Waals surface area contributed by atoms with E-state index in [4.69, 9.17) is 0 Å². The number of carbonyl (C=O) groups is 1. The molecule has 0 radical (unpaired) electrons. The van der Waals surface area contributed by atoms with Gasteiger partial charge in [-0.05, 0) is 19.8 Å². The van der Waals surface area contributed by atoms with Crippen molar-refractivity contribution in [1.29, 1.82) is 0 Å². The van der Waals surface area contributed by atoms with Crippen molar-refractivity contribution >= 4 is 6.03 Å². The van der Waals surface area contributed by atoms with Gasteiger partial charge in [0.05, 0.1) is 5.92 Å². The zero-order valence-electron chi connectivity index (χ0n) is 8.60. The van der Waals surface area contributed by atoms with Crippen molar-refractivity contribution in [2.45, 2.75) is 25.9 Å². The Hall–Kier alpha value is -0.940. The lowest BCUT2D eigenvalue weighted by molar-refractivity contribution is -0.183. The Kier molecular flexibility index (Phi) is 3.82. The fourth-order valence-electron chi connectivity index (χ4n) is 1.69. The number of piperidine rings is 1. The lowest BCUT2D eigenvalue weighted by Crippen LogP contribution is -2.48. The van der Waals surface area contributed by atoms with Crippen LogP contribution < -0.4 is 5.32 Å². The smallest absolute Gasteiger partial charge is 0.338 e. The van der Waals surface area contributed by atoms with Crippen LogP contribution >= 0.6 is 0 Å². The fourth-order valence-corrected chi connectivity index (χ4v) is 1.69. The van der Waals surface area contributed by atoms with Crippen LogP contribution in [0.25, 0.3) is 0 Å². The maximum Gasteiger partial charge on any atom is 0.393 e. The highest BCUT2D eigenvalue weighted by atomic mass is 19.4. The summed E-state index contributed by atoms with van der Waals surface area (Å²) in [5.41, 5.74) is 0. The van der Waals surface area contributed by atoms with Crippen LogP contribution in [0.5, 0.6) is 0 Å². The third-order valence-corrected chi connectivity index (χ3v) is 2.50. The predicted molar refractivity (Wildman–Crippen MR) is 49.4 cm³/mol. The van der Waals surface area contributed by atoms with E-state index in [-0.39, 0.29) is 13.0 Å². The standard InChI is InChI=1S/C9H15F3N2O/c1-2-13-8(15)14-5-3-4-7(6-14)9(10,11)12/h7H,2-6H2,1H3,(H,13,15)/t7-/m1/s1. The number of halogens is 3. The minimum Gasteiger partial charge on any atom is -0.338 e. The number of likely N-dealkylation sites (tertiary alicyclic amines) is 1. The van der Waals surface area contributed by atoms with Gasteiger partial charge in [-0.3, -0.25) is 0 Å². The Morgan fingerprint density at radius 3 is 2.73 bits per heavy atom. The second kappa shape index (κ2) is 4.72. The van der Waals surface area contributed by atoms with Gasteiger partial charge in [0.1, 0.15) is 0 Å². The molecule has 1 aliphatic heterocycles. The molecule has 0 unspecified atom stereocenters. The van der Waals surface area contributed by atoms with Gasteiger partial charge in [-0.25, -0.2) is 4.79 Å². The van der Waals surface area contributed by atoms with Crippen LogP contribution in [0.2, 0.25) is 0 Å². The number of hydrogen-bond donors (Lipinski definition) is 1. The van der Waals surface area contributed by atoms with E-state index < -0.39 is 18.1 Å². The largest absolute Gasteiger partial charge is 0.393 e. The molecule has 3 nitrogen and oxygen atoms in total. The third kappa shape index (κ3) is 3.28.